The van der Waals surface area contributed by atoms with E-state index < -0.39 is 29.5 Å². The predicted molar refractivity (Wildman–Crippen MR) is 87.2 cm³/mol. The summed E-state index contributed by atoms with van der Waals surface area (Å²) in [7, 11) is 3.80. The highest BCUT2D eigenvalue weighted by Gasteiger charge is 2.22. The second kappa shape index (κ2) is 7.47. The number of amides is 1. The summed E-state index contributed by atoms with van der Waals surface area (Å²) in [5.74, 6) is -3.58. The quantitative estimate of drug-likeness (QED) is 0.751. The Morgan fingerprint density at radius 3 is 2.04 bits per heavy atom. The molecule has 0 aliphatic rings. The average Bonchev–Trinajstić information content (AvgIpc) is 3.02. The molecule has 0 aliphatic carbocycles. The molecule has 0 unspecified atom stereocenters. The van der Waals surface area contributed by atoms with Crippen LogP contribution >= 0.6 is 0 Å². The summed E-state index contributed by atoms with van der Waals surface area (Å²) in [4.78, 5) is 47.1. The first kappa shape index (κ1) is 18.6. The molecule has 0 atom stereocenters. The van der Waals surface area contributed by atoms with E-state index in [1.807, 2.05) is 0 Å². The molecule has 1 heterocycles. The topological polar surface area (TPSA) is 137 Å². The van der Waals surface area contributed by atoms with Crippen molar-refractivity contribution in [2.75, 3.05) is 19.5 Å². The molecular weight excluding hydrogens is 346 g/mol. The number of ether oxygens (including phenoxy) is 2. The second-order valence-corrected chi connectivity index (χ2v) is 5.11. The summed E-state index contributed by atoms with van der Waals surface area (Å²) in [5, 5.41) is 15.2. The van der Waals surface area contributed by atoms with Gasteiger partial charge in [-0.15, -0.1) is 0 Å². The highest BCUT2D eigenvalue weighted by molar-refractivity contribution is 6.10. The number of benzene rings is 1. The van der Waals surface area contributed by atoms with E-state index in [9.17, 15) is 19.2 Å². The summed E-state index contributed by atoms with van der Waals surface area (Å²) in [6, 6.07) is 3.82. The fourth-order valence-electron chi connectivity index (χ4n) is 2.18. The number of anilines is 1. The highest BCUT2D eigenvalue weighted by atomic mass is 16.5. The van der Waals surface area contributed by atoms with Crippen molar-refractivity contribution in [3.8, 4) is 0 Å². The Labute approximate surface area is 147 Å². The summed E-state index contributed by atoms with van der Waals surface area (Å²) < 4.78 is 10.4. The first-order valence-corrected chi connectivity index (χ1v) is 7.16. The minimum atomic E-state index is -1.37. The van der Waals surface area contributed by atoms with Gasteiger partial charge in [0.25, 0.3) is 5.91 Å². The second-order valence-electron chi connectivity index (χ2n) is 5.11. The van der Waals surface area contributed by atoms with Crippen LogP contribution < -0.4 is 5.32 Å². The lowest BCUT2D eigenvalue weighted by Gasteiger charge is -2.09. The third-order valence-corrected chi connectivity index (χ3v) is 3.31. The van der Waals surface area contributed by atoms with Gasteiger partial charge < -0.3 is 19.9 Å². The Morgan fingerprint density at radius 2 is 1.58 bits per heavy atom. The van der Waals surface area contributed by atoms with Gasteiger partial charge in [0, 0.05) is 18.9 Å². The number of methoxy groups -OCH3 is 2. The van der Waals surface area contributed by atoms with Crippen LogP contribution in [0, 0.1) is 0 Å². The normalized spacial score (nSPS) is 10.1. The van der Waals surface area contributed by atoms with Crippen LogP contribution in [0.5, 0.6) is 0 Å². The van der Waals surface area contributed by atoms with Crippen molar-refractivity contribution < 1.29 is 33.8 Å². The first-order chi connectivity index (χ1) is 12.3. The molecule has 2 N–H and O–H groups in total. The van der Waals surface area contributed by atoms with E-state index in [1.165, 1.54) is 50.3 Å². The fourth-order valence-corrected chi connectivity index (χ4v) is 2.18. The van der Waals surface area contributed by atoms with Gasteiger partial charge in [0.2, 0.25) is 0 Å². The minimum absolute atomic E-state index is 0.00958. The van der Waals surface area contributed by atoms with Crippen LogP contribution in [0.1, 0.15) is 41.6 Å². The molecule has 10 nitrogen and oxygen atoms in total. The molecule has 2 aromatic rings. The molecule has 0 spiro atoms. The molecule has 0 saturated carbocycles. The number of aromatic nitrogens is 2. The zero-order valence-corrected chi connectivity index (χ0v) is 14.1. The maximum Gasteiger partial charge on any atom is 0.357 e. The lowest BCUT2D eigenvalue weighted by molar-refractivity contribution is 0.0597. The van der Waals surface area contributed by atoms with Gasteiger partial charge in [-0.05, 0) is 18.2 Å². The van der Waals surface area contributed by atoms with Gasteiger partial charge in [-0.2, -0.15) is 5.10 Å². The van der Waals surface area contributed by atoms with E-state index in [0.717, 1.165) is 0 Å². The Kier molecular flexibility index (Phi) is 5.36. The lowest BCUT2D eigenvalue weighted by atomic mass is 10.1. The number of aromatic carboxylic acids is 1. The standard InChI is InChI=1S/C16H15N3O7/c1-19-7-11(12(18-19)14(21)22)13(20)17-10-5-8(15(23)25-2)4-9(6-10)16(24)26-3/h4-7H,1-3H3,(H,17,20)(H,21,22). The minimum Gasteiger partial charge on any atom is -0.476 e. The summed E-state index contributed by atoms with van der Waals surface area (Å²) in [5.41, 5.74) is -0.505. The van der Waals surface area contributed by atoms with Crippen LogP contribution in [-0.2, 0) is 16.5 Å². The van der Waals surface area contributed by atoms with E-state index in [-0.39, 0.29) is 22.4 Å². The number of carboxylic acids is 1. The third kappa shape index (κ3) is 3.86. The van der Waals surface area contributed by atoms with Crippen molar-refractivity contribution in [2.45, 2.75) is 0 Å². The van der Waals surface area contributed by atoms with Gasteiger partial charge >= 0.3 is 17.9 Å². The molecule has 0 radical (unpaired) electrons. The van der Waals surface area contributed by atoms with Crippen molar-refractivity contribution in [1.82, 2.24) is 9.78 Å². The number of nitrogens with one attached hydrogen (secondary N) is 1. The Balaban J connectivity index is 2.42. The van der Waals surface area contributed by atoms with Gasteiger partial charge in [-0.1, -0.05) is 0 Å². The molecule has 1 amide bonds. The van der Waals surface area contributed by atoms with Crippen LogP contribution in [0.2, 0.25) is 0 Å². The number of hydrogen-bond acceptors (Lipinski definition) is 7. The van der Waals surface area contributed by atoms with E-state index >= 15 is 0 Å². The molecule has 0 aliphatic heterocycles. The van der Waals surface area contributed by atoms with E-state index in [0.29, 0.717) is 0 Å². The highest BCUT2D eigenvalue weighted by Crippen LogP contribution is 2.19. The predicted octanol–water partition coefficient (Wildman–Crippen LogP) is 0.944. The number of hydrogen-bond donors (Lipinski definition) is 2. The van der Waals surface area contributed by atoms with Gasteiger partial charge in [0.05, 0.1) is 30.9 Å². The molecule has 0 fully saturated rings. The molecule has 0 bridgehead atoms. The van der Waals surface area contributed by atoms with E-state index in [4.69, 9.17) is 5.11 Å². The number of aryl methyl sites for hydroxylation is 1. The largest absolute Gasteiger partial charge is 0.476 e. The van der Waals surface area contributed by atoms with E-state index in [2.05, 4.69) is 19.9 Å². The van der Waals surface area contributed by atoms with E-state index in [1.54, 1.807) is 0 Å². The Morgan fingerprint density at radius 1 is 1.04 bits per heavy atom. The van der Waals surface area contributed by atoms with Crippen molar-refractivity contribution in [3.05, 3.63) is 46.8 Å². The van der Waals surface area contributed by atoms with Crippen LogP contribution in [0.3, 0.4) is 0 Å². The monoisotopic (exact) mass is 361 g/mol. The fraction of sp³-hybridized carbons (Fsp3) is 0.188. The zero-order valence-electron chi connectivity index (χ0n) is 14.1. The third-order valence-electron chi connectivity index (χ3n) is 3.31. The Bertz CT molecular complexity index is 867. The summed E-state index contributed by atoms with van der Waals surface area (Å²) in [6.45, 7) is 0. The number of rotatable bonds is 5. The molecule has 26 heavy (non-hydrogen) atoms. The Hall–Kier alpha value is -3.69. The molecule has 2 rings (SSSR count). The zero-order chi connectivity index (χ0) is 19.4. The van der Waals surface area contributed by atoms with Gasteiger partial charge in [-0.25, -0.2) is 14.4 Å². The maximum absolute atomic E-state index is 12.4. The van der Waals surface area contributed by atoms with Gasteiger partial charge in [-0.3, -0.25) is 9.48 Å². The van der Waals surface area contributed by atoms with Crippen LogP contribution in [0.15, 0.2) is 24.4 Å². The number of carboxylic acid groups (broad SMARTS) is 1. The number of carbonyl (C=O) groups excluding carboxylic acids is 3. The molecule has 10 heteroatoms. The lowest BCUT2D eigenvalue weighted by Crippen LogP contribution is -2.16. The van der Waals surface area contributed by atoms with Gasteiger partial charge in [0.1, 0.15) is 0 Å². The van der Waals surface area contributed by atoms with Crippen molar-refractivity contribution in [2.24, 2.45) is 7.05 Å². The molecule has 1 aromatic heterocycles. The summed E-state index contributed by atoms with van der Waals surface area (Å²) >= 11 is 0. The molecular formula is C16H15N3O7. The van der Waals surface area contributed by atoms with Gasteiger partial charge in [0.15, 0.2) is 5.69 Å². The summed E-state index contributed by atoms with van der Waals surface area (Å²) in [6.07, 6.45) is 1.24. The maximum atomic E-state index is 12.4. The molecule has 1 aromatic carbocycles. The van der Waals surface area contributed by atoms with Crippen LogP contribution in [0.25, 0.3) is 0 Å². The average molecular weight is 361 g/mol. The van der Waals surface area contributed by atoms with Crippen molar-refractivity contribution in [3.63, 3.8) is 0 Å². The van der Waals surface area contributed by atoms with Crippen LogP contribution in [0.4, 0.5) is 5.69 Å². The van der Waals surface area contributed by atoms with Crippen molar-refractivity contribution >= 4 is 29.5 Å². The molecule has 136 valence electrons. The first-order valence-electron chi connectivity index (χ1n) is 7.16. The smallest absolute Gasteiger partial charge is 0.357 e. The SMILES string of the molecule is COC(=O)c1cc(NC(=O)c2cn(C)nc2C(=O)O)cc(C(=O)OC)c1. The number of carbonyl (C=O) groups is 4. The van der Waals surface area contributed by atoms with Crippen LogP contribution in [-0.4, -0.2) is 52.9 Å². The van der Waals surface area contributed by atoms with Crippen molar-refractivity contribution in [1.29, 1.82) is 0 Å². The number of nitrogens with zero attached hydrogens (tertiary/aromatic N) is 2. The number of esters is 2. The molecule has 0 saturated heterocycles.